The molecule has 0 aliphatic carbocycles. The molecule has 2 aromatic rings. The normalized spacial score (nSPS) is 10.2. The van der Waals surface area contributed by atoms with Crippen LogP contribution in [0.25, 0.3) is 0 Å². The Morgan fingerprint density at radius 1 is 1.08 bits per heavy atom. The maximum Gasteiger partial charge on any atom is 0.272 e. The third kappa shape index (κ3) is 4.70. The van der Waals surface area contributed by atoms with E-state index in [1.807, 2.05) is 32.0 Å². The van der Waals surface area contributed by atoms with Crippen molar-refractivity contribution in [3.8, 4) is 0 Å². The van der Waals surface area contributed by atoms with Crippen molar-refractivity contribution >= 4 is 29.1 Å². The Balaban J connectivity index is 1.86. The zero-order chi connectivity index (χ0) is 17.7. The van der Waals surface area contributed by atoms with E-state index < -0.39 is 17.6 Å². The van der Waals surface area contributed by atoms with Crippen LogP contribution in [0.15, 0.2) is 36.4 Å². The molecule has 126 valence electrons. The van der Waals surface area contributed by atoms with Crippen LogP contribution in [-0.4, -0.2) is 18.4 Å². The average molecular weight is 350 g/mol. The van der Waals surface area contributed by atoms with Crippen molar-refractivity contribution in [2.75, 3.05) is 11.9 Å². The summed E-state index contributed by atoms with van der Waals surface area (Å²) in [5.41, 5.74) is 7.08. The van der Waals surface area contributed by atoms with Gasteiger partial charge in [0, 0.05) is 10.7 Å². The van der Waals surface area contributed by atoms with E-state index in [1.165, 1.54) is 12.1 Å². The van der Waals surface area contributed by atoms with Gasteiger partial charge in [0.05, 0.1) is 12.1 Å². The first kappa shape index (κ1) is 17.7. The van der Waals surface area contributed by atoms with Gasteiger partial charge in [-0.25, -0.2) is 4.39 Å². The fraction of sp³-hybridized carbons (Fsp3) is 0.176. The number of carbonyl (C=O) groups excluding carboxylic acids is 2. The first-order chi connectivity index (χ1) is 11.4. The van der Waals surface area contributed by atoms with E-state index in [9.17, 15) is 14.0 Å². The lowest BCUT2D eigenvalue weighted by molar-refractivity contribution is -0.120. The first-order valence-corrected chi connectivity index (χ1v) is 7.60. The van der Waals surface area contributed by atoms with Crippen LogP contribution >= 0.6 is 11.6 Å². The highest BCUT2D eigenvalue weighted by Gasteiger charge is 2.13. The number of aryl methyl sites for hydroxylation is 2. The van der Waals surface area contributed by atoms with E-state index >= 15 is 0 Å². The van der Waals surface area contributed by atoms with Gasteiger partial charge in [-0.05, 0) is 43.7 Å². The van der Waals surface area contributed by atoms with Crippen molar-refractivity contribution in [2.45, 2.75) is 13.8 Å². The number of nitrogens with one attached hydrogen (secondary N) is 3. The summed E-state index contributed by atoms with van der Waals surface area (Å²) < 4.78 is 13.5. The number of rotatable bonds is 4. The molecule has 0 saturated heterocycles. The summed E-state index contributed by atoms with van der Waals surface area (Å²) in [5.74, 6) is -1.97. The summed E-state index contributed by atoms with van der Waals surface area (Å²) in [6.45, 7) is 3.87. The van der Waals surface area contributed by atoms with Crippen LogP contribution in [0.1, 0.15) is 21.5 Å². The van der Waals surface area contributed by atoms with Gasteiger partial charge in [-0.3, -0.25) is 20.4 Å². The van der Waals surface area contributed by atoms with Crippen molar-refractivity contribution in [3.05, 3.63) is 63.9 Å². The molecule has 0 saturated carbocycles. The molecule has 0 unspecified atom stereocenters. The van der Waals surface area contributed by atoms with Gasteiger partial charge in [0.2, 0.25) is 0 Å². The molecule has 2 rings (SSSR count). The Bertz CT molecular complexity index is 780. The number of hydrogen-bond acceptors (Lipinski definition) is 3. The molecule has 0 aliphatic rings. The van der Waals surface area contributed by atoms with Crippen molar-refractivity contribution in [3.63, 3.8) is 0 Å². The Hall–Kier alpha value is -2.60. The number of hydrogen-bond donors (Lipinski definition) is 3. The topological polar surface area (TPSA) is 70.2 Å². The van der Waals surface area contributed by atoms with Gasteiger partial charge in [0.15, 0.2) is 0 Å². The Morgan fingerprint density at radius 2 is 1.83 bits per heavy atom. The lowest BCUT2D eigenvalue weighted by Crippen LogP contribution is -2.44. The summed E-state index contributed by atoms with van der Waals surface area (Å²) in [6, 6.07) is 9.39. The summed E-state index contributed by atoms with van der Waals surface area (Å²) in [5, 5.41) is 3.19. The van der Waals surface area contributed by atoms with E-state index in [2.05, 4.69) is 16.2 Å². The Morgan fingerprint density at radius 3 is 2.54 bits per heavy atom. The van der Waals surface area contributed by atoms with E-state index in [4.69, 9.17) is 11.6 Å². The maximum absolute atomic E-state index is 13.5. The van der Waals surface area contributed by atoms with Crippen molar-refractivity contribution in [1.82, 2.24) is 10.9 Å². The zero-order valence-electron chi connectivity index (χ0n) is 13.2. The number of halogens is 2. The predicted octanol–water partition coefficient (Wildman–Crippen LogP) is 2.97. The molecular weight excluding hydrogens is 333 g/mol. The molecule has 0 spiro atoms. The molecule has 2 aromatic carbocycles. The summed E-state index contributed by atoms with van der Waals surface area (Å²) >= 11 is 5.72. The maximum atomic E-state index is 13.5. The van der Waals surface area contributed by atoms with E-state index in [0.29, 0.717) is 0 Å². The minimum atomic E-state index is -0.783. The molecule has 5 nitrogen and oxygen atoms in total. The minimum Gasteiger partial charge on any atom is -0.376 e. The molecule has 7 heteroatoms. The highest BCUT2D eigenvalue weighted by atomic mass is 35.5. The zero-order valence-corrected chi connectivity index (χ0v) is 14.0. The summed E-state index contributed by atoms with van der Waals surface area (Å²) in [6.07, 6.45) is 0. The predicted molar refractivity (Wildman–Crippen MR) is 91.4 cm³/mol. The van der Waals surface area contributed by atoms with E-state index in [-0.39, 0.29) is 17.1 Å². The van der Waals surface area contributed by atoms with Crippen LogP contribution in [0, 0.1) is 19.7 Å². The number of amides is 2. The number of hydrazine groups is 1. The largest absolute Gasteiger partial charge is 0.376 e. The molecule has 0 aliphatic heterocycles. The highest BCUT2D eigenvalue weighted by molar-refractivity contribution is 6.31. The number of anilines is 1. The smallest absolute Gasteiger partial charge is 0.272 e. The summed E-state index contributed by atoms with van der Waals surface area (Å²) in [7, 11) is 0. The molecule has 0 radical (unpaired) electrons. The Labute approximate surface area is 144 Å². The second-order valence-corrected chi connectivity index (χ2v) is 5.73. The monoisotopic (exact) mass is 349 g/mol. The van der Waals surface area contributed by atoms with E-state index in [1.54, 1.807) is 0 Å². The number of carbonyl (C=O) groups is 2. The average Bonchev–Trinajstić information content (AvgIpc) is 2.54. The second kappa shape index (κ2) is 7.79. The van der Waals surface area contributed by atoms with Crippen molar-refractivity contribution in [2.24, 2.45) is 0 Å². The van der Waals surface area contributed by atoms with Gasteiger partial charge >= 0.3 is 0 Å². The molecule has 24 heavy (non-hydrogen) atoms. The molecule has 0 bridgehead atoms. The fourth-order valence-electron chi connectivity index (χ4n) is 2.10. The first-order valence-electron chi connectivity index (χ1n) is 7.22. The van der Waals surface area contributed by atoms with Crippen molar-refractivity contribution in [1.29, 1.82) is 0 Å². The molecule has 0 aromatic heterocycles. The third-order valence-electron chi connectivity index (χ3n) is 3.31. The van der Waals surface area contributed by atoms with Crippen molar-refractivity contribution < 1.29 is 14.0 Å². The lowest BCUT2D eigenvalue weighted by Gasteiger charge is -2.11. The van der Waals surface area contributed by atoms with Gasteiger partial charge in [0.25, 0.3) is 11.8 Å². The van der Waals surface area contributed by atoms with Gasteiger partial charge < -0.3 is 5.32 Å². The fourth-order valence-corrected chi connectivity index (χ4v) is 2.27. The van der Waals surface area contributed by atoms with Crippen LogP contribution in [0.3, 0.4) is 0 Å². The SMILES string of the molecule is Cc1ccc(NCC(=O)NNC(=O)c2cc(Cl)ccc2F)c(C)c1. The van der Waals surface area contributed by atoms with Crippen LogP contribution in [0.5, 0.6) is 0 Å². The van der Waals surface area contributed by atoms with Crippen LogP contribution in [-0.2, 0) is 4.79 Å². The van der Waals surface area contributed by atoms with Gasteiger partial charge in [-0.1, -0.05) is 29.3 Å². The van der Waals surface area contributed by atoms with E-state index in [0.717, 1.165) is 22.9 Å². The molecule has 0 heterocycles. The summed E-state index contributed by atoms with van der Waals surface area (Å²) in [4.78, 5) is 23.6. The minimum absolute atomic E-state index is 0.0395. The third-order valence-corrected chi connectivity index (χ3v) is 3.54. The lowest BCUT2D eigenvalue weighted by atomic mass is 10.1. The standard InChI is InChI=1S/C17H17ClFN3O2/c1-10-3-6-15(11(2)7-10)20-9-16(23)21-22-17(24)13-8-12(18)4-5-14(13)19/h3-8,20H,9H2,1-2H3,(H,21,23)(H,22,24). The molecular formula is C17H17ClFN3O2. The molecule has 0 fully saturated rings. The van der Waals surface area contributed by atoms with Crippen LogP contribution in [0.4, 0.5) is 10.1 Å². The van der Waals surface area contributed by atoms with Crippen LogP contribution in [0.2, 0.25) is 5.02 Å². The van der Waals surface area contributed by atoms with Gasteiger partial charge in [-0.15, -0.1) is 0 Å². The molecule has 0 atom stereocenters. The van der Waals surface area contributed by atoms with Gasteiger partial charge in [0.1, 0.15) is 5.82 Å². The molecule has 3 N–H and O–H groups in total. The highest BCUT2D eigenvalue weighted by Crippen LogP contribution is 2.16. The second-order valence-electron chi connectivity index (χ2n) is 5.30. The quantitative estimate of drug-likeness (QED) is 0.743. The Kier molecular flexibility index (Phi) is 5.76. The molecule has 2 amide bonds. The van der Waals surface area contributed by atoms with Crippen LogP contribution < -0.4 is 16.2 Å². The van der Waals surface area contributed by atoms with Gasteiger partial charge in [-0.2, -0.15) is 0 Å². The number of benzene rings is 2.